The molecule has 92 valence electrons. The molecule has 0 fully saturated rings. The molecule has 1 aliphatic rings. The fourth-order valence-electron chi connectivity index (χ4n) is 2.84. The molecule has 3 rings (SSSR count). The molecule has 1 nitrogen and oxygen atoms in total. The maximum atomic E-state index is 2.31. The summed E-state index contributed by atoms with van der Waals surface area (Å²) >= 11 is 0. The molecule has 0 bridgehead atoms. The first-order valence-corrected chi connectivity index (χ1v) is 6.59. The van der Waals surface area contributed by atoms with Crippen LogP contribution in [0.4, 0.5) is 0 Å². The Morgan fingerprint density at radius 1 is 1.11 bits per heavy atom. The van der Waals surface area contributed by atoms with Crippen LogP contribution in [0.3, 0.4) is 0 Å². The fraction of sp³-hybridized carbons (Fsp3) is 0.294. The van der Waals surface area contributed by atoms with Gasteiger partial charge in [0.15, 0.2) is 0 Å². The molecule has 0 radical (unpaired) electrons. The average Bonchev–Trinajstić information content (AvgIpc) is 2.70. The highest BCUT2D eigenvalue weighted by Crippen LogP contribution is 2.35. The largest absolute Gasteiger partial charge is 0.327 e. The third-order valence-electron chi connectivity index (χ3n) is 3.73. The molecule has 1 aromatic heterocycles. The quantitative estimate of drug-likeness (QED) is 0.682. The van der Waals surface area contributed by atoms with Gasteiger partial charge in [0.2, 0.25) is 0 Å². The highest BCUT2D eigenvalue weighted by Gasteiger charge is 2.19. The van der Waals surface area contributed by atoms with E-state index in [1.807, 2.05) is 0 Å². The topological polar surface area (TPSA) is 4.93 Å². The van der Waals surface area contributed by atoms with E-state index in [0.29, 0.717) is 5.92 Å². The van der Waals surface area contributed by atoms with Gasteiger partial charge < -0.3 is 4.57 Å². The van der Waals surface area contributed by atoms with E-state index < -0.39 is 0 Å². The Labute approximate surface area is 109 Å². The molecule has 0 amide bonds. The van der Waals surface area contributed by atoms with Gasteiger partial charge in [-0.15, -0.1) is 0 Å². The first-order chi connectivity index (χ1) is 8.63. The van der Waals surface area contributed by atoms with E-state index in [1.54, 1.807) is 0 Å². The Bertz CT molecular complexity index is 616. The van der Waals surface area contributed by atoms with Crippen LogP contribution in [0.5, 0.6) is 0 Å². The summed E-state index contributed by atoms with van der Waals surface area (Å²) in [6.07, 6.45) is 5.64. The van der Waals surface area contributed by atoms with Crippen molar-refractivity contribution in [2.24, 2.45) is 0 Å². The van der Waals surface area contributed by atoms with Gasteiger partial charge in [-0.3, -0.25) is 0 Å². The molecule has 2 heterocycles. The van der Waals surface area contributed by atoms with Crippen molar-refractivity contribution < 1.29 is 0 Å². The van der Waals surface area contributed by atoms with E-state index in [-0.39, 0.29) is 0 Å². The summed E-state index contributed by atoms with van der Waals surface area (Å²) in [6, 6.07) is 11.1. The van der Waals surface area contributed by atoms with E-state index in [2.05, 4.69) is 68.1 Å². The minimum Gasteiger partial charge on any atom is -0.327 e. The Balaban J connectivity index is 2.07. The minimum absolute atomic E-state index is 0.596. The summed E-state index contributed by atoms with van der Waals surface area (Å²) in [6.45, 7) is 6.63. The molecule has 1 unspecified atom stereocenters. The molecule has 0 N–H and O–H groups in total. The molecule has 1 aromatic carbocycles. The number of allylic oxidation sites excluding steroid dienone is 1. The van der Waals surface area contributed by atoms with E-state index in [4.69, 9.17) is 0 Å². The maximum Gasteiger partial charge on any atom is 0.0255 e. The Morgan fingerprint density at radius 2 is 1.94 bits per heavy atom. The Morgan fingerprint density at radius 3 is 2.72 bits per heavy atom. The number of hydrogen-bond acceptors (Lipinski definition) is 0. The number of rotatable bonds is 1. The van der Waals surface area contributed by atoms with Crippen molar-refractivity contribution in [2.45, 2.75) is 33.1 Å². The zero-order valence-corrected chi connectivity index (χ0v) is 11.3. The lowest BCUT2D eigenvalue weighted by atomic mass is 9.91. The van der Waals surface area contributed by atoms with Gasteiger partial charge in [-0.25, -0.2) is 0 Å². The summed E-state index contributed by atoms with van der Waals surface area (Å²) in [7, 11) is 0. The molecule has 18 heavy (non-hydrogen) atoms. The van der Waals surface area contributed by atoms with Gasteiger partial charge in [0, 0.05) is 24.0 Å². The van der Waals surface area contributed by atoms with Gasteiger partial charge in [0.25, 0.3) is 0 Å². The van der Waals surface area contributed by atoms with Crippen LogP contribution < -0.4 is 0 Å². The van der Waals surface area contributed by atoms with Crippen LogP contribution in [0.2, 0.25) is 0 Å². The van der Waals surface area contributed by atoms with Crippen molar-refractivity contribution in [3.63, 3.8) is 0 Å². The van der Waals surface area contributed by atoms with Crippen LogP contribution >= 0.6 is 0 Å². The number of aryl methyl sites for hydroxylation is 2. The lowest BCUT2D eigenvalue weighted by molar-refractivity contribution is 0.727. The molecule has 0 saturated carbocycles. The van der Waals surface area contributed by atoms with Crippen LogP contribution in [-0.2, 0) is 0 Å². The Hall–Kier alpha value is -1.76. The molecule has 1 atom stereocenters. The SMILES string of the molecule is Cc1cccc(C2=Cn3cc(C)cc3C(C)C2)c1. The Kier molecular flexibility index (Phi) is 2.62. The summed E-state index contributed by atoms with van der Waals surface area (Å²) in [5.41, 5.74) is 6.91. The summed E-state index contributed by atoms with van der Waals surface area (Å²) in [5.74, 6) is 0.596. The summed E-state index contributed by atoms with van der Waals surface area (Å²) in [4.78, 5) is 0. The average molecular weight is 237 g/mol. The zero-order valence-electron chi connectivity index (χ0n) is 11.3. The van der Waals surface area contributed by atoms with Gasteiger partial charge >= 0.3 is 0 Å². The predicted octanol–water partition coefficient (Wildman–Crippen LogP) is 4.61. The van der Waals surface area contributed by atoms with Crippen LogP contribution in [-0.4, -0.2) is 4.57 Å². The standard InChI is InChI=1S/C17H19N/c1-12-5-4-6-15(7-12)16-9-14(3)17-8-13(2)10-18(17)11-16/h4-8,10-11,14H,9H2,1-3H3. The maximum absolute atomic E-state index is 2.31. The number of benzene rings is 1. The van der Waals surface area contributed by atoms with Crippen molar-refractivity contribution in [1.82, 2.24) is 4.57 Å². The molecular formula is C17H19N. The molecule has 0 aliphatic carbocycles. The van der Waals surface area contributed by atoms with Gasteiger partial charge in [-0.2, -0.15) is 0 Å². The van der Waals surface area contributed by atoms with Crippen molar-refractivity contribution in [1.29, 1.82) is 0 Å². The van der Waals surface area contributed by atoms with E-state index in [1.165, 1.54) is 28.0 Å². The smallest absolute Gasteiger partial charge is 0.0255 e. The van der Waals surface area contributed by atoms with Crippen molar-refractivity contribution in [3.05, 3.63) is 58.9 Å². The third-order valence-corrected chi connectivity index (χ3v) is 3.73. The monoisotopic (exact) mass is 237 g/mol. The van der Waals surface area contributed by atoms with Crippen molar-refractivity contribution >= 4 is 11.8 Å². The first kappa shape index (κ1) is 11.3. The molecule has 1 heteroatoms. The summed E-state index contributed by atoms with van der Waals surface area (Å²) < 4.78 is 2.29. The number of nitrogens with zero attached hydrogens (tertiary/aromatic N) is 1. The molecule has 1 aliphatic heterocycles. The lowest BCUT2D eigenvalue weighted by Crippen LogP contribution is -2.07. The molecular weight excluding hydrogens is 218 g/mol. The first-order valence-electron chi connectivity index (χ1n) is 6.59. The second-order valence-electron chi connectivity index (χ2n) is 5.48. The highest BCUT2D eigenvalue weighted by molar-refractivity contribution is 5.78. The second kappa shape index (κ2) is 4.16. The number of aromatic nitrogens is 1. The predicted molar refractivity (Wildman–Crippen MR) is 77.5 cm³/mol. The molecule has 0 spiro atoms. The van der Waals surface area contributed by atoms with E-state index >= 15 is 0 Å². The van der Waals surface area contributed by atoms with Crippen LogP contribution in [0.25, 0.3) is 11.8 Å². The van der Waals surface area contributed by atoms with Crippen LogP contribution in [0, 0.1) is 13.8 Å². The van der Waals surface area contributed by atoms with Crippen LogP contribution in [0.1, 0.15) is 41.6 Å². The minimum atomic E-state index is 0.596. The summed E-state index contributed by atoms with van der Waals surface area (Å²) in [5, 5.41) is 0. The zero-order chi connectivity index (χ0) is 12.7. The van der Waals surface area contributed by atoms with Crippen molar-refractivity contribution in [3.8, 4) is 0 Å². The normalized spacial score (nSPS) is 18.4. The molecule has 0 saturated heterocycles. The number of hydrogen-bond donors (Lipinski definition) is 0. The van der Waals surface area contributed by atoms with Crippen molar-refractivity contribution in [2.75, 3.05) is 0 Å². The van der Waals surface area contributed by atoms with Gasteiger partial charge in [0.05, 0.1) is 0 Å². The number of fused-ring (bicyclic) bond motifs is 1. The van der Waals surface area contributed by atoms with Crippen LogP contribution in [0.15, 0.2) is 36.5 Å². The van der Waals surface area contributed by atoms with Gasteiger partial charge in [-0.05, 0) is 43.0 Å². The second-order valence-corrected chi connectivity index (χ2v) is 5.48. The highest BCUT2D eigenvalue weighted by atomic mass is 15.0. The third kappa shape index (κ3) is 1.90. The van der Waals surface area contributed by atoms with E-state index in [9.17, 15) is 0 Å². The lowest BCUT2D eigenvalue weighted by Gasteiger charge is -2.22. The van der Waals surface area contributed by atoms with Gasteiger partial charge in [-0.1, -0.05) is 36.8 Å². The fourth-order valence-corrected chi connectivity index (χ4v) is 2.84. The van der Waals surface area contributed by atoms with E-state index in [0.717, 1.165) is 6.42 Å². The molecule has 2 aromatic rings. The van der Waals surface area contributed by atoms with Gasteiger partial charge in [0.1, 0.15) is 0 Å².